The SMILES string of the molecule is O=C(O)N1CC[C@H](Nc2ccc(-c3ccccc3)cc2)C1. The molecule has 108 valence electrons. The smallest absolute Gasteiger partial charge is 0.407 e. The molecule has 0 aromatic heterocycles. The first-order valence-corrected chi connectivity index (χ1v) is 7.12. The zero-order valence-corrected chi connectivity index (χ0v) is 11.7. The zero-order chi connectivity index (χ0) is 14.7. The van der Waals surface area contributed by atoms with Crippen LogP contribution in [0.5, 0.6) is 0 Å². The third-order valence-corrected chi connectivity index (χ3v) is 3.82. The average molecular weight is 282 g/mol. The highest BCUT2D eigenvalue weighted by molar-refractivity contribution is 5.67. The van der Waals surface area contributed by atoms with E-state index >= 15 is 0 Å². The van der Waals surface area contributed by atoms with Crippen molar-refractivity contribution < 1.29 is 9.90 Å². The number of hydrogen-bond acceptors (Lipinski definition) is 2. The molecule has 0 radical (unpaired) electrons. The van der Waals surface area contributed by atoms with Crippen molar-refractivity contribution in [1.82, 2.24) is 4.90 Å². The molecule has 21 heavy (non-hydrogen) atoms. The summed E-state index contributed by atoms with van der Waals surface area (Å²) in [5.41, 5.74) is 3.41. The lowest BCUT2D eigenvalue weighted by Crippen LogP contribution is -2.30. The third-order valence-electron chi connectivity index (χ3n) is 3.82. The number of benzene rings is 2. The lowest BCUT2D eigenvalue weighted by atomic mass is 10.1. The second kappa shape index (κ2) is 5.87. The van der Waals surface area contributed by atoms with Crippen molar-refractivity contribution in [2.75, 3.05) is 18.4 Å². The number of anilines is 1. The molecule has 4 nitrogen and oxygen atoms in total. The first kappa shape index (κ1) is 13.5. The first-order valence-electron chi connectivity index (χ1n) is 7.12. The molecule has 1 saturated heterocycles. The molecule has 1 heterocycles. The van der Waals surface area contributed by atoms with Crippen molar-refractivity contribution in [2.45, 2.75) is 12.5 Å². The van der Waals surface area contributed by atoms with Crippen LogP contribution in [-0.4, -0.2) is 35.2 Å². The maximum Gasteiger partial charge on any atom is 0.407 e. The van der Waals surface area contributed by atoms with Crippen LogP contribution >= 0.6 is 0 Å². The van der Waals surface area contributed by atoms with Gasteiger partial charge in [-0.05, 0) is 29.7 Å². The summed E-state index contributed by atoms with van der Waals surface area (Å²) in [6.07, 6.45) is 0.0194. The molecule has 4 heteroatoms. The molecule has 1 atom stereocenters. The second-order valence-electron chi connectivity index (χ2n) is 5.30. The quantitative estimate of drug-likeness (QED) is 0.905. The van der Waals surface area contributed by atoms with E-state index in [2.05, 4.69) is 29.6 Å². The summed E-state index contributed by atoms with van der Waals surface area (Å²) in [7, 11) is 0. The van der Waals surface area contributed by atoms with E-state index in [-0.39, 0.29) is 6.04 Å². The number of likely N-dealkylation sites (tertiary alicyclic amines) is 1. The summed E-state index contributed by atoms with van der Waals surface area (Å²) in [6.45, 7) is 1.16. The maximum absolute atomic E-state index is 10.9. The van der Waals surface area contributed by atoms with Gasteiger partial charge in [-0.25, -0.2) is 4.79 Å². The van der Waals surface area contributed by atoms with E-state index in [1.807, 2.05) is 30.3 Å². The molecule has 2 aromatic carbocycles. The van der Waals surface area contributed by atoms with Gasteiger partial charge in [0.1, 0.15) is 0 Å². The highest BCUT2D eigenvalue weighted by atomic mass is 16.4. The van der Waals surface area contributed by atoms with Gasteiger partial charge in [0.2, 0.25) is 0 Å². The van der Waals surface area contributed by atoms with Gasteiger partial charge in [-0.1, -0.05) is 42.5 Å². The number of hydrogen-bond donors (Lipinski definition) is 2. The van der Waals surface area contributed by atoms with E-state index in [4.69, 9.17) is 5.11 Å². The van der Waals surface area contributed by atoms with E-state index < -0.39 is 6.09 Å². The van der Waals surface area contributed by atoms with E-state index in [0.29, 0.717) is 13.1 Å². The lowest BCUT2D eigenvalue weighted by Gasteiger charge is -2.15. The summed E-state index contributed by atoms with van der Waals surface area (Å²) < 4.78 is 0. The van der Waals surface area contributed by atoms with E-state index in [9.17, 15) is 4.79 Å². The molecule has 0 aliphatic carbocycles. The molecule has 0 spiro atoms. The van der Waals surface area contributed by atoms with Gasteiger partial charge in [0.25, 0.3) is 0 Å². The van der Waals surface area contributed by atoms with Crippen molar-refractivity contribution in [2.24, 2.45) is 0 Å². The molecule has 0 unspecified atom stereocenters. The Morgan fingerprint density at radius 1 is 1.05 bits per heavy atom. The van der Waals surface area contributed by atoms with Crippen molar-refractivity contribution >= 4 is 11.8 Å². The van der Waals surface area contributed by atoms with Gasteiger partial charge in [0.05, 0.1) is 0 Å². The Bertz CT molecular complexity index is 610. The molecule has 1 aliphatic rings. The van der Waals surface area contributed by atoms with Crippen molar-refractivity contribution in [3.8, 4) is 11.1 Å². The minimum Gasteiger partial charge on any atom is -0.465 e. The Labute approximate surface area is 124 Å². The topological polar surface area (TPSA) is 52.6 Å². The van der Waals surface area contributed by atoms with Crippen LogP contribution in [0.25, 0.3) is 11.1 Å². The Morgan fingerprint density at radius 2 is 1.71 bits per heavy atom. The van der Waals surface area contributed by atoms with Gasteiger partial charge in [-0.3, -0.25) is 0 Å². The summed E-state index contributed by atoms with van der Waals surface area (Å²) in [4.78, 5) is 12.4. The molecule has 1 fully saturated rings. The van der Waals surface area contributed by atoms with Gasteiger partial charge >= 0.3 is 6.09 Å². The minimum absolute atomic E-state index is 0.198. The number of amides is 1. The fraction of sp³-hybridized carbons (Fsp3) is 0.235. The second-order valence-corrected chi connectivity index (χ2v) is 5.30. The monoisotopic (exact) mass is 282 g/mol. The molecule has 1 amide bonds. The van der Waals surface area contributed by atoms with Gasteiger partial charge < -0.3 is 15.3 Å². The standard InChI is InChI=1S/C17H18N2O2/c20-17(21)19-11-10-16(12-19)18-15-8-6-14(7-9-15)13-4-2-1-3-5-13/h1-9,16,18H,10-12H2,(H,20,21)/t16-/m0/s1. The van der Waals surface area contributed by atoms with E-state index in [0.717, 1.165) is 12.1 Å². The molecular formula is C17H18N2O2. The number of rotatable bonds is 3. The molecule has 0 saturated carbocycles. The Hall–Kier alpha value is -2.49. The summed E-state index contributed by atoms with van der Waals surface area (Å²) in [5, 5.41) is 12.4. The van der Waals surface area contributed by atoms with E-state index in [1.54, 1.807) is 0 Å². The third kappa shape index (κ3) is 3.16. The molecule has 2 N–H and O–H groups in total. The molecule has 2 aromatic rings. The van der Waals surface area contributed by atoms with Crippen LogP contribution in [0.1, 0.15) is 6.42 Å². The lowest BCUT2D eigenvalue weighted by molar-refractivity contribution is 0.155. The normalized spacial score (nSPS) is 17.7. The fourth-order valence-corrected chi connectivity index (χ4v) is 2.68. The molecular weight excluding hydrogens is 264 g/mol. The average Bonchev–Trinajstić information content (AvgIpc) is 2.98. The van der Waals surface area contributed by atoms with Gasteiger partial charge in [-0.2, -0.15) is 0 Å². The Kier molecular flexibility index (Phi) is 3.77. The summed E-state index contributed by atoms with van der Waals surface area (Å²) in [6, 6.07) is 18.7. The Morgan fingerprint density at radius 3 is 2.33 bits per heavy atom. The highest BCUT2D eigenvalue weighted by Crippen LogP contribution is 2.22. The predicted octanol–water partition coefficient (Wildman–Crippen LogP) is 3.52. The van der Waals surface area contributed by atoms with Crippen LogP contribution in [0.15, 0.2) is 54.6 Å². The van der Waals surface area contributed by atoms with Crippen molar-refractivity contribution in [3.63, 3.8) is 0 Å². The highest BCUT2D eigenvalue weighted by Gasteiger charge is 2.25. The van der Waals surface area contributed by atoms with Crippen LogP contribution < -0.4 is 5.32 Å². The van der Waals surface area contributed by atoms with Crippen LogP contribution in [-0.2, 0) is 0 Å². The number of carbonyl (C=O) groups is 1. The summed E-state index contributed by atoms with van der Waals surface area (Å²) in [5.74, 6) is 0. The van der Waals surface area contributed by atoms with Crippen LogP contribution in [0.3, 0.4) is 0 Å². The van der Waals surface area contributed by atoms with Crippen LogP contribution in [0.2, 0.25) is 0 Å². The molecule has 3 rings (SSSR count). The number of carboxylic acid groups (broad SMARTS) is 1. The van der Waals surface area contributed by atoms with Gasteiger partial charge in [0.15, 0.2) is 0 Å². The minimum atomic E-state index is -0.835. The molecule has 1 aliphatic heterocycles. The first-order chi connectivity index (χ1) is 10.2. The van der Waals surface area contributed by atoms with Crippen molar-refractivity contribution in [1.29, 1.82) is 0 Å². The summed E-state index contributed by atoms with van der Waals surface area (Å²) >= 11 is 0. The Balaban J connectivity index is 1.64. The van der Waals surface area contributed by atoms with E-state index in [1.165, 1.54) is 16.0 Å². The molecule has 0 bridgehead atoms. The number of nitrogens with zero attached hydrogens (tertiary/aromatic N) is 1. The maximum atomic E-state index is 10.9. The number of nitrogens with one attached hydrogen (secondary N) is 1. The van der Waals surface area contributed by atoms with Crippen molar-refractivity contribution in [3.05, 3.63) is 54.6 Å². The zero-order valence-electron chi connectivity index (χ0n) is 11.7. The fourth-order valence-electron chi connectivity index (χ4n) is 2.68. The van der Waals surface area contributed by atoms with Crippen LogP contribution in [0, 0.1) is 0 Å². The van der Waals surface area contributed by atoms with Crippen LogP contribution in [0.4, 0.5) is 10.5 Å². The van der Waals surface area contributed by atoms with Gasteiger partial charge in [-0.15, -0.1) is 0 Å². The predicted molar refractivity (Wildman–Crippen MR) is 83.5 cm³/mol. The van der Waals surface area contributed by atoms with Gasteiger partial charge in [0, 0.05) is 24.8 Å². The largest absolute Gasteiger partial charge is 0.465 e.